The first kappa shape index (κ1) is 19.0. The van der Waals surface area contributed by atoms with Gasteiger partial charge in [-0.15, -0.1) is 0 Å². The zero-order valence-electron chi connectivity index (χ0n) is 15.0. The Morgan fingerprint density at radius 1 is 1.12 bits per heavy atom. The van der Waals surface area contributed by atoms with E-state index >= 15 is 0 Å². The van der Waals surface area contributed by atoms with Crippen molar-refractivity contribution >= 4 is 17.8 Å². The number of guanidine groups is 1. The number of piperidine rings is 1. The van der Waals surface area contributed by atoms with Gasteiger partial charge in [-0.1, -0.05) is 30.3 Å². The fourth-order valence-electron chi connectivity index (χ4n) is 2.80. The van der Waals surface area contributed by atoms with Gasteiger partial charge in [0.05, 0.1) is 0 Å². The second kappa shape index (κ2) is 10.5. The quantitative estimate of drug-likeness (QED) is 0.326. The predicted molar refractivity (Wildman–Crippen MR) is 99.3 cm³/mol. The molecule has 0 atom stereocenters. The number of nitrogens with zero attached hydrogens (tertiary/aromatic N) is 2. The summed E-state index contributed by atoms with van der Waals surface area (Å²) in [7, 11) is 0. The van der Waals surface area contributed by atoms with Crippen LogP contribution in [0.15, 0.2) is 35.3 Å². The number of aliphatic imine (C=N–C) groups is 1. The van der Waals surface area contributed by atoms with Crippen LogP contribution in [0.4, 0.5) is 0 Å². The lowest BCUT2D eigenvalue weighted by molar-refractivity contribution is -0.147. The van der Waals surface area contributed by atoms with E-state index in [2.05, 4.69) is 27.8 Å². The van der Waals surface area contributed by atoms with E-state index in [1.54, 1.807) is 0 Å². The third-order valence-electron chi connectivity index (χ3n) is 4.09. The number of nitrogens with one attached hydrogen (secondary N) is 2. The summed E-state index contributed by atoms with van der Waals surface area (Å²) in [5.74, 6) is 0.596. The predicted octanol–water partition coefficient (Wildman–Crippen LogP) is 1.71. The van der Waals surface area contributed by atoms with E-state index in [9.17, 15) is 9.59 Å². The molecule has 2 rings (SSSR count). The number of imide groups is 1. The van der Waals surface area contributed by atoms with Crippen molar-refractivity contribution in [2.45, 2.75) is 39.0 Å². The molecule has 1 aromatic rings. The lowest BCUT2D eigenvalue weighted by Gasteiger charge is -2.25. The first-order valence-corrected chi connectivity index (χ1v) is 9.10. The number of carbonyl (C=O) groups excluding carboxylic acids is 2. The molecule has 0 unspecified atom stereocenters. The monoisotopic (exact) mass is 344 g/mol. The molecule has 1 fully saturated rings. The standard InChI is InChI=1S/C19H28N4O2/c1-2-20-19(21-13-7-10-16-8-4-3-5-9-16)22-14-15-23-17(24)11-6-12-18(23)25/h3-5,8-9H,2,6-7,10-15H2,1H3,(H2,20,21,22). The van der Waals surface area contributed by atoms with E-state index in [1.165, 1.54) is 10.5 Å². The Labute approximate surface area is 149 Å². The maximum absolute atomic E-state index is 11.8. The molecule has 0 bridgehead atoms. The molecule has 0 radical (unpaired) electrons. The molecule has 0 aliphatic carbocycles. The van der Waals surface area contributed by atoms with Gasteiger partial charge in [0.25, 0.3) is 0 Å². The Bertz CT molecular complexity index is 570. The summed E-state index contributed by atoms with van der Waals surface area (Å²) in [6.07, 6.45) is 3.59. The topological polar surface area (TPSA) is 73.8 Å². The molecular formula is C19H28N4O2. The lowest BCUT2D eigenvalue weighted by Crippen LogP contribution is -2.46. The minimum atomic E-state index is -0.0668. The molecule has 1 heterocycles. The molecule has 1 aromatic carbocycles. The summed E-state index contributed by atoms with van der Waals surface area (Å²) in [6, 6.07) is 10.4. The first-order chi connectivity index (χ1) is 12.2. The third-order valence-corrected chi connectivity index (χ3v) is 4.09. The molecule has 1 saturated heterocycles. The fourth-order valence-corrected chi connectivity index (χ4v) is 2.80. The van der Waals surface area contributed by atoms with Gasteiger partial charge in [0, 0.05) is 39.0 Å². The molecule has 1 aliphatic heterocycles. The summed E-state index contributed by atoms with van der Waals surface area (Å²) in [4.78, 5) is 29.5. The van der Waals surface area contributed by atoms with Crippen LogP contribution in [0.1, 0.15) is 38.2 Å². The molecule has 25 heavy (non-hydrogen) atoms. The molecule has 0 spiro atoms. The van der Waals surface area contributed by atoms with E-state index in [-0.39, 0.29) is 11.8 Å². The summed E-state index contributed by atoms with van der Waals surface area (Å²) in [6.45, 7) is 4.42. The summed E-state index contributed by atoms with van der Waals surface area (Å²) in [5.41, 5.74) is 1.32. The SMILES string of the molecule is CCNC(=NCCCc1ccccc1)NCCN1C(=O)CCCC1=O. The fraction of sp³-hybridized carbons (Fsp3) is 0.526. The average molecular weight is 344 g/mol. The van der Waals surface area contributed by atoms with Crippen molar-refractivity contribution in [3.8, 4) is 0 Å². The number of hydrogen-bond acceptors (Lipinski definition) is 3. The molecular weight excluding hydrogens is 316 g/mol. The van der Waals surface area contributed by atoms with Crippen molar-refractivity contribution in [2.24, 2.45) is 4.99 Å². The number of hydrogen-bond donors (Lipinski definition) is 2. The van der Waals surface area contributed by atoms with Crippen LogP contribution in [0.3, 0.4) is 0 Å². The van der Waals surface area contributed by atoms with Crippen LogP contribution in [-0.4, -0.2) is 48.9 Å². The van der Waals surface area contributed by atoms with Gasteiger partial charge < -0.3 is 10.6 Å². The lowest BCUT2D eigenvalue weighted by atomic mass is 10.1. The van der Waals surface area contributed by atoms with Crippen LogP contribution in [0.2, 0.25) is 0 Å². The summed E-state index contributed by atoms with van der Waals surface area (Å²) < 4.78 is 0. The van der Waals surface area contributed by atoms with Crippen molar-refractivity contribution in [3.63, 3.8) is 0 Å². The van der Waals surface area contributed by atoms with Gasteiger partial charge in [-0.25, -0.2) is 0 Å². The minimum Gasteiger partial charge on any atom is -0.357 e. The van der Waals surface area contributed by atoms with Gasteiger partial charge in [0.2, 0.25) is 11.8 Å². The van der Waals surface area contributed by atoms with E-state index < -0.39 is 0 Å². The first-order valence-electron chi connectivity index (χ1n) is 9.10. The van der Waals surface area contributed by atoms with Gasteiger partial charge in [0.1, 0.15) is 0 Å². The van der Waals surface area contributed by atoms with E-state index in [0.29, 0.717) is 32.4 Å². The zero-order valence-corrected chi connectivity index (χ0v) is 15.0. The van der Waals surface area contributed by atoms with Crippen molar-refractivity contribution < 1.29 is 9.59 Å². The normalized spacial score (nSPS) is 15.4. The van der Waals surface area contributed by atoms with Crippen LogP contribution >= 0.6 is 0 Å². The number of aryl methyl sites for hydroxylation is 1. The Balaban J connectivity index is 1.73. The van der Waals surface area contributed by atoms with Crippen LogP contribution in [0, 0.1) is 0 Å². The van der Waals surface area contributed by atoms with E-state index in [0.717, 1.165) is 31.9 Å². The molecule has 0 aromatic heterocycles. The van der Waals surface area contributed by atoms with Crippen molar-refractivity contribution in [1.82, 2.24) is 15.5 Å². The van der Waals surface area contributed by atoms with Crippen molar-refractivity contribution in [3.05, 3.63) is 35.9 Å². The number of benzene rings is 1. The van der Waals surface area contributed by atoms with Crippen LogP contribution in [0.25, 0.3) is 0 Å². The number of amides is 2. The van der Waals surface area contributed by atoms with E-state index in [4.69, 9.17) is 0 Å². The molecule has 2 N–H and O–H groups in total. The molecule has 136 valence electrons. The van der Waals surface area contributed by atoms with Crippen LogP contribution < -0.4 is 10.6 Å². The van der Waals surface area contributed by atoms with Gasteiger partial charge in [-0.3, -0.25) is 19.5 Å². The maximum Gasteiger partial charge on any atom is 0.229 e. The summed E-state index contributed by atoms with van der Waals surface area (Å²) >= 11 is 0. The van der Waals surface area contributed by atoms with Crippen molar-refractivity contribution in [2.75, 3.05) is 26.2 Å². The second-order valence-corrected chi connectivity index (χ2v) is 6.07. The Morgan fingerprint density at radius 2 is 1.84 bits per heavy atom. The minimum absolute atomic E-state index is 0.0668. The molecule has 6 nitrogen and oxygen atoms in total. The Hall–Kier alpha value is -2.37. The van der Waals surface area contributed by atoms with Crippen LogP contribution in [0.5, 0.6) is 0 Å². The Kier molecular flexibility index (Phi) is 7.95. The molecule has 2 amide bonds. The summed E-state index contributed by atoms with van der Waals surface area (Å²) in [5, 5.41) is 6.39. The smallest absolute Gasteiger partial charge is 0.229 e. The molecule has 6 heteroatoms. The highest BCUT2D eigenvalue weighted by molar-refractivity contribution is 5.97. The number of rotatable bonds is 8. The average Bonchev–Trinajstić information content (AvgIpc) is 2.62. The number of carbonyl (C=O) groups is 2. The highest BCUT2D eigenvalue weighted by Gasteiger charge is 2.25. The molecule has 1 aliphatic rings. The van der Waals surface area contributed by atoms with Crippen molar-refractivity contribution in [1.29, 1.82) is 0 Å². The van der Waals surface area contributed by atoms with Gasteiger partial charge in [-0.2, -0.15) is 0 Å². The third kappa shape index (κ3) is 6.57. The van der Waals surface area contributed by atoms with E-state index in [1.807, 2.05) is 25.1 Å². The Morgan fingerprint density at radius 3 is 2.52 bits per heavy atom. The highest BCUT2D eigenvalue weighted by atomic mass is 16.2. The van der Waals surface area contributed by atoms with Gasteiger partial charge >= 0.3 is 0 Å². The van der Waals surface area contributed by atoms with Gasteiger partial charge in [-0.05, 0) is 31.7 Å². The largest absolute Gasteiger partial charge is 0.357 e. The van der Waals surface area contributed by atoms with Gasteiger partial charge in [0.15, 0.2) is 5.96 Å². The number of likely N-dealkylation sites (tertiary alicyclic amines) is 1. The molecule has 0 saturated carbocycles. The zero-order chi connectivity index (χ0) is 17.9. The maximum atomic E-state index is 11.8. The van der Waals surface area contributed by atoms with Crippen LogP contribution in [-0.2, 0) is 16.0 Å². The second-order valence-electron chi connectivity index (χ2n) is 6.07. The highest BCUT2D eigenvalue weighted by Crippen LogP contribution is 2.11.